The number of ether oxygens (including phenoxy) is 1. The van der Waals surface area contributed by atoms with Crippen LogP contribution in [0.1, 0.15) is 44.2 Å². The summed E-state index contributed by atoms with van der Waals surface area (Å²) in [5, 5.41) is 3.22. The average molecular weight is 439 g/mol. The number of aryl methyl sites for hydroxylation is 1. The van der Waals surface area contributed by atoms with Crippen molar-refractivity contribution in [1.82, 2.24) is 23.8 Å². The maximum atomic E-state index is 14.7. The Kier molecular flexibility index (Phi) is 6.03. The number of hydrogen-bond donors (Lipinski definition) is 1. The van der Waals surface area contributed by atoms with Gasteiger partial charge in [-0.1, -0.05) is 0 Å². The number of imidazole rings is 1. The monoisotopic (exact) mass is 438 g/mol. The lowest BCUT2D eigenvalue weighted by molar-refractivity contribution is -0.0321. The van der Waals surface area contributed by atoms with Gasteiger partial charge in [0.25, 0.3) is 0 Å². The number of nitrogens with one attached hydrogen (secondary N) is 1. The van der Waals surface area contributed by atoms with E-state index in [9.17, 15) is 12.8 Å². The Bertz CT molecular complexity index is 998. The number of halogens is 1. The lowest BCUT2D eigenvalue weighted by atomic mass is 10.1. The van der Waals surface area contributed by atoms with Crippen molar-refractivity contribution in [1.29, 1.82) is 0 Å². The molecule has 1 N–H and O–H groups in total. The first-order valence-corrected chi connectivity index (χ1v) is 12.1. The molecule has 0 spiro atoms. The van der Waals surface area contributed by atoms with Gasteiger partial charge in [0.15, 0.2) is 5.82 Å². The number of hydrogen-bond acceptors (Lipinski definition) is 7. The van der Waals surface area contributed by atoms with Crippen LogP contribution in [0.4, 0.5) is 10.3 Å². The Balaban J connectivity index is 1.54. The third-order valence-electron chi connectivity index (χ3n) is 5.67. The van der Waals surface area contributed by atoms with E-state index in [1.54, 1.807) is 6.20 Å². The van der Waals surface area contributed by atoms with E-state index in [0.29, 0.717) is 44.2 Å². The number of piperidine rings is 1. The molecule has 0 amide bonds. The maximum absolute atomic E-state index is 14.7. The Hall–Kier alpha value is -2.11. The molecular formula is C19H27FN6O3S. The predicted octanol–water partition coefficient (Wildman–Crippen LogP) is 2.32. The highest BCUT2D eigenvalue weighted by Crippen LogP contribution is 2.31. The summed E-state index contributed by atoms with van der Waals surface area (Å²) >= 11 is 0. The van der Waals surface area contributed by atoms with E-state index in [-0.39, 0.29) is 18.0 Å². The fourth-order valence-corrected chi connectivity index (χ4v) is 4.92. The van der Waals surface area contributed by atoms with Crippen molar-refractivity contribution in [2.45, 2.75) is 51.3 Å². The van der Waals surface area contributed by atoms with Gasteiger partial charge in [0.1, 0.15) is 17.7 Å². The molecule has 0 saturated carbocycles. The van der Waals surface area contributed by atoms with E-state index in [1.165, 1.54) is 10.6 Å². The van der Waals surface area contributed by atoms with Gasteiger partial charge >= 0.3 is 0 Å². The van der Waals surface area contributed by atoms with E-state index in [4.69, 9.17) is 4.74 Å². The minimum Gasteiger partial charge on any atom is -0.358 e. The van der Waals surface area contributed by atoms with Gasteiger partial charge in [0, 0.05) is 25.7 Å². The highest BCUT2D eigenvalue weighted by atomic mass is 32.2. The Morgan fingerprint density at radius 1 is 1.17 bits per heavy atom. The Labute approximate surface area is 175 Å². The number of sulfonamides is 1. The van der Waals surface area contributed by atoms with Gasteiger partial charge in [-0.25, -0.2) is 32.1 Å². The van der Waals surface area contributed by atoms with Gasteiger partial charge in [-0.2, -0.15) is 0 Å². The molecule has 4 rings (SSSR count). The molecule has 2 aliphatic rings. The van der Waals surface area contributed by atoms with Crippen LogP contribution in [-0.4, -0.2) is 64.2 Å². The zero-order chi connectivity index (χ0) is 21.3. The molecule has 30 heavy (non-hydrogen) atoms. The van der Waals surface area contributed by atoms with Crippen LogP contribution in [0.3, 0.4) is 0 Å². The first-order valence-electron chi connectivity index (χ1n) is 10.2. The highest BCUT2D eigenvalue weighted by molar-refractivity contribution is 7.88. The summed E-state index contributed by atoms with van der Waals surface area (Å²) in [6, 6.07) is 0.0228. The summed E-state index contributed by atoms with van der Waals surface area (Å²) in [6.45, 7) is 3.42. The molecule has 11 heteroatoms. The minimum atomic E-state index is -3.18. The molecule has 0 bridgehead atoms. The number of rotatable bonds is 5. The molecule has 1 atom stereocenters. The smallest absolute Gasteiger partial charge is 0.223 e. The van der Waals surface area contributed by atoms with Crippen LogP contribution in [-0.2, 0) is 14.8 Å². The van der Waals surface area contributed by atoms with Gasteiger partial charge < -0.3 is 10.1 Å². The molecule has 0 radical (unpaired) electrons. The first kappa shape index (κ1) is 21.1. The van der Waals surface area contributed by atoms with Crippen molar-refractivity contribution in [2.75, 3.05) is 31.3 Å². The van der Waals surface area contributed by atoms with Crippen LogP contribution in [0.25, 0.3) is 11.4 Å². The molecule has 2 fully saturated rings. The van der Waals surface area contributed by atoms with Crippen LogP contribution in [0.15, 0.2) is 12.4 Å². The summed E-state index contributed by atoms with van der Waals surface area (Å²) in [5.74, 6) is 0.543. The van der Waals surface area contributed by atoms with Crippen molar-refractivity contribution in [3.05, 3.63) is 24.0 Å². The largest absolute Gasteiger partial charge is 0.358 e. The summed E-state index contributed by atoms with van der Waals surface area (Å²) in [6.07, 6.45) is 8.00. The fraction of sp³-hybridized carbons (Fsp3) is 0.632. The summed E-state index contributed by atoms with van der Waals surface area (Å²) in [7, 11) is -3.18. The standard InChI is InChI=1S/C19H27FN6O3S/c1-13-21-12-16(26(13)17-5-3-4-10-29-17)18-15(20)11-22-19(24-18)23-14-6-8-25(9-7-14)30(2,27)28/h11-12,14,17H,3-10H2,1-2H3,(H,22,23,24). The lowest BCUT2D eigenvalue weighted by Gasteiger charge is -2.30. The number of anilines is 1. The normalized spacial score (nSPS) is 21.6. The topological polar surface area (TPSA) is 102 Å². The summed E-state index contributed by atoms with van der Waals surface area (Å²) in [4.78, 5) is 12.9. The van der Waals surface area contributed by atoms with Crippen LogP contribution in [0.5, 0.6) is 0 Å². The average Bonchev–Trinajstić information content (AvgIpc) is 3.11. The molecule has 2 aromatic heterocycles. The zero-order valence-corrected chi connectivity index (χ0v) is 18.0. The summed E-state index contributed by atoms with van der Waals surface area (Å²) in [5.41, 5.74) is 0.741. The molecule has 9 nitrogen and oxygen atoms in total. The number of nitrogens with zero attached hydrogens (tertiary/aromatic N) is 5. The van der Waals surface area contributed by atoms with Gasteiger partial charge in [0.2, 0.25) is 16.0 Å². The predicted molar refractivity (Wildman–Crippen MR) is 110 cm³/mol. The van der Waals surface area contributed by atoms with Crippen LogP contribution >= 0.6 is 0 Å². The minimum absolute atomic E-state index is 0.0228. The molecule has 0 aliphatic carbocycles. The molecule has 4 heterocycles. The van der Waals surface area contributed by atoms with Crippen molar-refractivity contribution in [2.24, 2.45) is 0 Å². The lowest BCUT2D eigenvalue weighted by Crippen LogP contribution is -2.42. The fourth-order valence-electron chi connectivity index (χ4n) is 4.05. The highest BCUT2D eigenvalue weighted by Gasteiger charge is 2.27. The maximum Gasteiger partial charge on any atom is 0.223 e. The molecule has 1 unspecified atom stereocenters. The van der Waals surface area contributed by atoms with E-state index < -0.39 is 15.8 Å². The summed E-state index contributed by atoms with van der Waals surface area (Å²) < 4.78 is 47.3. The van der Waals surface area contributed by atoms with Crippen molar-refractivity contribution in [3.8, 4) is 11.4 Å². The Morgan fingerprint density at radius 3 is 2.60 bits per heavy atom. The van der Waals surface area contributed by atoms with Crippen LogP contribution < -0.4 is 5.32 Å². The molecule has 0 aromatic carbocycles. The van der Waals surface area contributed by atoms with Crippen molar-refractivity contribution >= 4 is 16.0 Å². The number of aromatic nitrogens is 4. The Morgan fingerprint density at radius 2 is 1.93 bits per heavy atom. The second kappa shape index (κ2) is 8.56. The van der Waals surface area contributed by atoms with Crippen molar-refractivity contribution < 1.29 is 17.5 Å². The van der Waals surface area contributed by atoms with Gasteiger partial charge in [-0.05, 0) is 39.0 Å². The van der Waals surface area contributed by atoms with Gasteiger partial charge in [-0.3, -0.25) is 4.57 Å². The van der Waals surface area contributed by atoms with E-state index in [0.717, 1.165) is 31.3 Å². The van der Waals surface area contributed by atoms with E-state index in [1.807, 2.05) is 11.5 Å². The van der Waals surface area contributed by atoms with Crippen LogP contribution in [0, 0.1) is 12.7 Å². The second-order valence-corrected chi connectivity index (χ2v) is 9.84. The van der Waals surface area contributed by atoms with E-state index in [2.05, 4.69) is 20.3 Å². The third kappa shape index (κ3) is 4.47. The SMILES string of the molecule is Cc1ncc(-c2nc(NC3CCN(S(C)(=O)=O)CC3)ncc2F)n1C1CCCCO1. The van der Waals surface area contributed by atoms with Gasteiger partial charge in [0.05, 0.1) is 24.3 Å². The van der Waals surface area contributed by atoms with Gasteiger partial charge in [-0.15, -0.1) is 0 Å². The molecule has 2 saturated heterocycles. The van der Waals surface area contributed by atoms with Crippen molar-refractivity contribution in [3.63, 3.8) is 0 Å². The third-order valence-corrected chi connectivity index (χ3v) is 6.97. The van der Waals surface area contributed by atoms with Crippen LogP contribution in [0.2, 0.25) is 0 Å². The quantitative estimate of drug-likeness (QED) is 0.764. The molecule has 2 aromatic rings. The molecule has 2 aliphatic heterocycles. The zero-order valence-electron chi connectivity index (χ0n) is 17.2. The molecule has 164 valence electrons. The first-order chi connectivity index (χ1) is 14.3. The van der Waals surface area contributed by atoms with E-state index >= 15 is 0 Å². The second-order valence-electron chi connectivity index (χ2n) is 7.85. The molecular weight excluding hydrogens is 411 g/mol.